The predicted molar refractivity (Wildman–Crippen MR) is 153 cm³/mol. The van der Waals surface area contributed by atoms with Crippen molar-refractivity contribution >= 4 is 35.8 Å². The molecule has 0 atom stereocenters. The molecule has 0 spiro atoms. The number of oxime groups is 1. The first-order valence-electron chi connectivity index (χ1n) is 13.7. The van der Waals surface area contributed by atoms with Gasteiger partial charge in [0.25, 0.3) is 0 Å². The fraction of sp³-hybridized carbons (Fsp3) is 0.741. The molecule has 3 N–H and O–H groups in total. The van der Waals surface area contributed by atoms with Crippen molar-refractivity contribution < 1.29 is 28.7 Å². The predicted octanol–water partition coefficient (Wildman–Crippen LogP) is 4.61. The number of nitrogens with one attached hydrogen (secondary N) is 1. The highest BCUT2D eigenvalue weighted by molar-refractivity contribution is 6.39. The van der Waals surface area contributed by atoms with Crippen molar-refractivity contribution in [2.75, 3.05) is 20.3 Å². The maximum atomic E-state index is 11.8. The number of nitrogens with two attached hydrogens (primary N) is 1. The average Bonchev–Trinajstić information content (AvgIpc) is 3.32. The summed E-state index contributed by atoms with van der Waals surface area (Å²) in [6, 6.07) is 2.81. The van der Waals surface area contributed by atoms with Crippen molar-refractivity contribution in [2.45, 2.75) is 110 Å². The summed E-state index contributed by atoms with van der Waals surface area (Å²) in [6.45, 7) is 7.45. The Morgan fingerprint density at radius 2 is 1.59 bits per heavy atom. The third-order valence-electron chi connectivity index (χ3n) is 6.23. The van der Waals surface area contributed by atoms with E-state index in [0.29, 0.717) is 24.4 Å². The summed E-state index contributed by atoms with van der Waals surface area (Å²) in [4.78, 5) is 38.0. The summed E-state index contributed by atoms with van der Waals surface area (Å²) in [5.74, 6) is 4.23. The summed E-state index contributed by atoms with van der Waals surface area (Å²) in [7, 11) is 1.30. The molecule has 2 saturated carbocycles. The maximum absolute atomic E-state index is 11.8. The first-order valence-corrected chi connectivity index (χ1v) is 13.7. The summed E-state index contributed by atoms with van der Waals surface area (Å²) >= 11 is 0. The van der Waals surface area contributed by atoms with E-state index in [1.165, 1.54) is 65.4 Å². The number of ketones is 1. The van der Waals surface area contributed by atoms with Gasteiger partial charge >= 0.3 is 11.9 Å². The Balaban J connectivity index is 0.000000584. The first kappa shape index (κ1) is 36.5. The number of aromatic nitrogens is 2. The van der Waals surface area contributed by atoms with Gasteiger partial charge in [-0.15, -0.1) is 12.4 Å². The molecule has 39 heavy (non-hydrogen) atoms. The zero-order chi connectivity index (χ0) is 28.3. The topological polar surface area (TPSA) is 147 Å². The molecule has 0 aromatic carbocycles. The molecule has 2 aliphatic rings. The highest BCUT2D eigenvalue weighted by Gasteiger charge is 2.23. The second kappa shape index (κ2) is 21.3. The van der Waals surface area contributed by atoms with Crippen LogP contribution in [0.3, 0.4) is 0 Å². The Hall–Kier alpha value is -2.50. The van der Waals surface area contributed by atoms with Gasteiger partial charge < -0.3 is 14.3 Å². The van der Waals surface area contributed by atoms with Gasteiger partial charge in [0.05, 0.1) is 31.4 Å². The zero-order valence-electron chi connectivity index (χ0n) is 24.2. The normalized spacial score (nSPS) is 15.9. The van der Waals surface area contributed by atoms with E-state index in [1.54, 1.807) is 6.92 Å². The molecule has 224 valence electrons. The van der Waals surface area contributed by atoms with Crippen LogP contribution in [0.15, 0.2) is 11.2 Å². The van der Waals surface area contributed by atoms with Crippen LogP contribution in [0, 0.1) is 6.92 Å². The zero-order valence-corrected chi connectivity index (χ0v) is 25.0. The monoisotopic (exact) mass is 573 g/mol. The van der Waals surface area contributed by atoms with Crippen molar-refractivity contribution in [3.05, 3.63) is 17.5 Å². The summed E-state index contributed by atoms with van der Waals surface area (Å²) in [5, 5.41) is 7.86. The molecular weight excluding hydrogens is 526 g/mol. The van der Waals surface area contributed by atoms with Crippen LogP contribution in [0.4, 0.5) is 0 Å². The van der Waals surface area contributed by atoms with Crippen LogP contribution in [0.25, 0.3) is 0 Å². The number of esters is 2. The molecule has 0 bridgehead atoms. The van der Waals surface area contributed by atoms with E-state index in [2.05, 4.69) is 25.3 Å². The standard InChI is InChI=1S/C13H20N2O2.C8H13NO4.C6H14N2.ClH/c1-3-17-13(16)12-9-10(2)14-15(12)11-7-5-4-6-8-11;1-4-13-8(11)7(9-12-3)5-6(2)10;7-8-6-4-2-1-3-5-6;/h9,11H,3-8H2,1-2H3;4-5H2,1-3H3;6,8H,1-5,7H2;1H/b;9-7+;;. The van der Waals surface area contributed by atoms with Crippen LogP contribution in [0.2, 0.25) is 0 Å². The van der Waals surface area contributed by atoms with E-state index < -0.39 is 5.97 Å². The lowest BCUT2D eigenvalue weighted by Gasteiger charge is -2.23. The number of aryl methyl sites for hydroxylation is 1. The van der Waals surface area contributed by atoms with Gasteiger partial charge in [0.2, 0.25) is 0 Å². The van der Waals surface area contributed by atoms with Crippen LogP contribution in [0.1, 0.15) is 114 Å². The van der Waals surface area contributed by atoms with Gasteiger partial charge in [0.1, 0.15) is 18.6 Å². The Morgan fingerprint density at radius 3 is 2.05 bits per heavy atom. The number of hydrazine groups is 1. The number of Topliss-reactive ketones (excluding diaryl/α,β-unsaturated/α-hetero) is 1. The minimum Gasteiger partial charge on any atom is -0.461 e. The van der Waals surface area contributed by atoms with Crippen LogP contribution >= 0.6 is 12.4 Å². The Bertz CT molecular complexity index is 880. The number of hydrogen-bond donors (Lipinski definition) is 2. The van der Waals surface area contributed by atoms with Gasteiger partial charge in [-0.3, -0.25) is 20.7 Å². The van der Waals surface area contributed by atoms with E-state index in [-0.39, 0.29) is 42.9 Å². The molecule has 2 fully saturated rings. The maximum Gasteiger partial charge on any atom is 0.356 e. The molecule has 1 aromatic heterocycles. The fourth-order valence-electron chi connectivity index (χ4n) is 4.45. The van der Waals surface area contributed by atoms with Crippen LogP contribution in [-0.4, -0.2) is 59.6 Å². The second-order valence-electron chi connectivity index (χ2n) is 9.45. The van der Waals surface area contributed by atoms with E-state index >= 15 is 0 Å². The third-order valence-corrected chi connectivity index (χ3v) is 6.23. The highest BCUT2D eigenvalue weighted by atomic mass is 35.5. The minimum absolute atomic E-state index is 0. The lowest BCUT2D eigenvalue weighted by molar-refractivity contribution is -0.135. The number of nitrogens with zero attached hydrogens (tertiary/aromatic N) is 3. The lowest BCUT2D eigenvalue weighted by atomic mass is 9.95. The van der Waals surface area contributed by atoms with Crippen molar-refractivity contribution in [2.24, 2.45) is 11.0 Å². The van der Waals surface area contributed by atoms with Crippen molar-refractivity contribution in [3.63, 3.8) is 0 Å². The Morgan fingerprint density at radius 1 is 1.03 bits per heavy atom. The Kier molecular flexibility index (Phi) is 20.0. The largest absolute Gasteiger partial charge is 0.461 e. The molecule has 11 nitrogen and oxygen atoms in total. The summed E-state index contributed by atoms with van der Waals surface area (Å²) in [6.07, 6.45) is 12.6. The van der Waals surface area contributed by atoms with E-state index in [4.69, 9.17) is 10.6 Å². The average molecular weight is 574 g/mol. The van der Waals surface area contributed by atoms with Gasteiger partial charge in [-0.25, -0.2) is 9.59 Å². The third kappa shape index (κ3) is 14.5. The van der Waals surface area contributed by atoms with Gasteiger partial charge in [0, 0.05) is 6.04 Å². The van der Waals surface area contributed by atoms with E-state index in [9.17, 15) is 14.4 Å². The van der Waals surface area contributed by atoms with Crippen molar-refractivity contribution in [3.8, 4) is 0 Å². The van der Waals surface area contributed by atoms with Crippen molar-refractivity contribution in [1.29, 1.82) is 0 Å². The highest BCUT2D eigenvalue weighted by Crippen LogP contribution is 2.29. The van der Waals surface area contributed by atoms with Gasteiger partial charge in [-0.2, -0.15) is 5.10 Å². The van der Waals surface area contributed by atoms with Gasteiger partial charge in [-0.1, -0.05) is 43.7 Å². The second-order valence-corrected chi connectivity index (χ2v) is 9.45. The first-order chi connectivity index (χ1) is 18.3. The minimum atomic E-state index is -0.612. The van der Waals surface area contributed by atoms with Crippen LogP contribution < -0.4 is 11.3 Å². The lowest BCUT2D eigenvalue weighted by Crippen LogP contribution is -2.36. The smallest absolute Gasteiger partial charge is 0.356 e. The fourth-order valence-corrected chi connectivity index (χ4v) is 4.45. The molecule has 0 aliphatic heterocycles. The van der Waals surface area contributed by atoms with Crippen LogP contribution in [0.5, 0.6) is 0 Å². The van der Waals surface area contributed by atoms with Gasteiger partial charge in [0.15, 0.2) is 5.71 Å². The molecule has 1 heterocycles. The molecule has 0 amide bonds. The number of carbonyl (C=O) groups is 3. The number of hydrogen-bond acceptors (Lipinski definition) is 10. The molecule has 1 aromatic rings. The number of carbonyl (C=O) groups excluding carboxylic acids is 3. The quantitative estimate of drug-likeness (QED) is 0.187. The Labute approximate surface area is 238 Å². The van der Waals surface area contributed by atoms with Crippen molar-refractivity contribution in [1.82, 2.24) is 15.2 Å². The molecule has 0 saturated heterocycles. The number of rotatable bonds is 9. The SMILES string of the molecule is CCOC(=O)/C(CC(C)=O)=N/OC.CCOC(=O)c1cc(C)nn1C1CCCCC1.Cl.NNC1CCCCC1. The molecular formula is C27H48ClN5O6. The molecule has 2 aliphatic carbocycles. The molecule has 0 unspecified atom stereocenters. The summed E-state index contributed by atoms with van der Waals surface area (Å²) in [5.41, 5.74) is 4.30. The molecule has 12 heteroatoms. The van der Waals surface area contributed by atoms with E-state index in [1.807, 2.05) is 24.6 Å². The number of ether oxygens (including phenoxy) is 2. The molecule has 0 radical (unpaired) electrons. The van der Waals surface area contributed by atoms with Gasteiger partial charge in [-0.05, 0) is 59.4 Å². The summed E-state index contributed by atoms with van der Waals surface area (Å²) < 4.78 is 11.6. The van der Waals surface area contributed by atoms with E-state index in [0.717, 1.165) is 18.5 Å². The van der Waals surface area contributed by atoms with Crippen LogP contribution in [-0.2, 0) is 23.9 Å². The number of halogens is 1. The molecule has 3 rings (SSSR count).